The summed E-state index contributed by atoms with van der Waals surface area (Å²) < 4.78 is 27.7. The molecule has 0 amide bonds. The van der Waals surface area contributed by atoms with E-state index < -0.39 is 15.7 Å². The van der Waals surface area contributed by atoms with Gasteiger partial charge >= 0.3 is 0 Å². The predicted molar refractivity (Wildman–Crippen MR) is 52.5 cm³/mol. The van der Waals surface area contributed by atoms with Gasteiger partial charge in [0.05, 0.1) is 6.07 Å². The summed E-state index contributed by atoms with van der Waals surface area (Å²) in [6.45, 7) is 3.34. The van der Waals surface area contributed by atoms with E-state index in [1.165, 1.54) is 0 Å². The summed E-state index contributed by atoms with van der Waals surface area (Å²) >= 11 is 0. The van der Waals surface area contributed by atoms with Crippen LogP contribution in [0.15, 0.2) is 0 Å². The smallest absolute Gasteiger partial charge is 0.199 e. The van der Waals surface area contributed by atoms with Gasteiger partial charge < -0.3 is 0 Å². The monoisotopic (exact) mass is 217 g/mol. The van der Waals surface area contributed by atoms with Crippen LogP contribution in [0.3, 0.4) is 0 Å². The molecule has 0 heterocycles. The van der Waals surface area contributed by atoms with Crippen molar-refractivity contribution in [3.8, 4) is 6.07 Å². The van der Waals surface area contributed by atoms with Gasteiger partial charge in [0.15, 0.2) is 0 Å². The lowest BCUT2D eigenvalue weighted by Crippen LogP contribution is -2.49. The zero-order valence-corrected chi connectivity index (χ0v) is 9.19. The van der Waals surface area contributed by atoms with Crippen molar-refractivity contribution in [3.05, 3.63) is 0 Å². The number of nitrogens with zero attached hydrogens (tertiary/aromatic N) is 1. The normalized spacial score (nSPS) is 21.2. The van der Waals surface area contributed by atoms with Crippen LogP contribution in [0.1, 0.15) is 33.1 Å². The molecule has 1 fully saturated rings. The van der Waals surface area contributed by atoms with Crippen LogP contribution in [-0.2, 0) is 10.2 Å². The lowest BCUT2D eigenvalue weighted by molar-refractivity contribution is 0.487. The summed E-state index contributed by atoms with van der Waals surface area (Å²) in [5.74, 6) is 0. The predicted octanol–water partition coefficient (Wildman–Crippen LogP) is 0.265. The molecule has 6 heteroatoms. The minimum atomic E-state index is -3.52. The van der Waals surface area contributed by atoms with Crippen LogP contribution >= 0.6 is 0 Å². The van der Waals surface area contributed by atoms with Gasteiger partial charge in [-0.3, -0.25) is 0 Å². The Balaban J connectivity index is 2.61. The Morgan fingerprint density at radius 2 is 2.14 bits per heavy atom. The van der Waals surface area contributed by atoms with Gasteiger partial charge in [0.1, 0.15) is 5.54 Å². The van der Waals surface area contributed by atoms with Crippen LogP contribution in [0, 0.1) is 11.3 Å². The molecule has 0 aliphatic heterocycles. The molecule has 2 N–H and O–H groups in total. The molecule has 0 aromatic carbocycles. The Kier molecular flexibility index (Phi) is 3.14. The standard InChI is InChI=1S/C8H15N3O2S/c1-3-8(2,6-9)11-14(12,13)10-7-4-5-7/h7,10-11H,3-5H2,1-2H3. The van der Waals surface area contributed by atoms with Crippen molar-refractivity contribution >= 4 is 10.2 Å². The van der Waals surface area contributed by atoms with Gasteiger partial charge in [0, 0.05) is 6.04 Å². The second-order valence-electron chi connectivity index (χ2n) is 3.80. The van der Waals surface area contributed by atoms with Crippen LogP contribution in [0.5, 0.6) is 0 Å². The molecule has 1 rings (SSSR count). The summed E-state index contributed by atoms with van der Waals surface area (Å²) in [7, 11) is -3.52. The highest BCUT2D eigenvalue weighted by Crippen LogP contribution is 2.20. The molecule has 1 saturated carbocycles. The fourth-order valence-corrected chi connectivity index (χ4v) is 2.44. The van der Waals surface area contributed by atoms with E-state index in [4.69, 9.17) is 5.26 Å². The molecule has 5 nitrogen and oxygen atoms in total. The molecule has 1 aliphatic carbocycles. The minimum absolute atomic E-state index is 0.0623. The van der Waals surface area contributed by atoms with Crippen LogP contribution in [0.2, 0.25) is 0 Å². The van der Waals surface area contributed by atoms with E-state index in [1.54, 1.807) is 13.8 Å². The second-order valence-corrected chi connectivity index (χ2v) is 5.24. The van der Waals surface area contributed by atoms with Gasteiger partial charge in [-0.25, -0.2) is 0 Å². The van der Waals surface area contributed by atoms with Crippen molar-refractivity contribution in [2.75, 3.05) is 0 Å². The summed E-state index contributed by atoms with van der Waals surface area (Å²) in [6, 6.07) is 2.01. The van der Waals surface area contributed by atoms with Crippen molar-refractivity contribution in [3.63, 3.8) is 0 Å². The van der Waals surface area contributed by atoms with Crippen LogP contribution < -0.4 is 9.44 Å². The van der Waals surface area contributed by atoms with E-state index in [2.05, 4.69) is 9.44 Å². The molecule has 1 aliphatic rings. The first kappa shape index (κ1) is 11.4. The third-order valence-corrected chi connectivity index (χ3v) is 3.58. The maximum Gasteiger partial charge on any atom is 0.278 e. The van der Waals surface area contributed by atoms with Crippen molar-refractivity contribution < 1.29 is 8.42 Å². The molecular weight excluding hydrogens is 202 g/mol. The fraction of sp³-hybridized carbons (Fsp3) is 0.875. The lowest BCUT2D eigenvalue weighted by Gasteiger charge is -2.20. The molecule has 14 heavy (non-hydrogen) atoms. The highest BCUT2D eigenvalue weighted by molar-refractivity contribution is 7.87. The molecule has 0 radical (unpaired) electrons. The topological polar surface area (TPSA) is 82.0 Å². The van der Waals surface area contributed by atoms with Crippen LogP contribution in [0.4, 0.5) is 0 Å². The van der Waals surface area contributed by atoms with E-state index in [0.717, 1.165) is 12.8 Å². The third-order valence-electron chi connectivity index (χ3n) is 2.21. The molecule has 0 saturated heterocycles. The Morgan fingerprint density at radius 1 is 1.57 bits per heavy atom. The fourth-order valence-electron chi connectivity index (χ4n) is 0.921. The average molecular weight is 217 g/mol. The van der Waals surface area contributed by atoms with Gasteiger partial charge in [-0.1, -0.05) is 6.92 Å². The number of nitrogens with one attached hydrogen (secondary N) is 2. The van der Waals surface area contributed by atoms with Gasteiger partial charge in [-0.05, 0) is 26.2 Å². The van der Waals surface area contributed by atoms with E-state index in [0.29, 0.717) is 6.42 Å². The second kappa shape index (κ2) is 3.85. The Hall–Kier alpha value is -0.640. The zero-order valence-electron chi connectivity index (χ0n) is 8.37. The molecule has 0 aromatic heterocycles. The lowest BCUT2D eigenvalue weighted by atomic mass is 10.0. The van der Waals surface area contributed by atoms with Crippen LogP contribution in [0.25, 0.3) is 0 Å². The van der Waals surface area contributed by atoms with Crippen molar-refractivity contribution in [1.82, 2.24) is 9.44 Å². The number of nitriles is 1. The highest BCUT2D eigenvalue weighted by Gasteiger charge is 2.32. The van der Waals surface area contributed by atoms with Crippen molar-refractivity contribution in [2.24, 2.45) is 0 Å². The molecule has 80 valence electrons. The zero-order chi connectivity index (χ0) is 10.8. The van der Waals surface area contributed by atoms with Gasteiger partial charge in [-0.2, -0.15) is 23.1 Å². The SMILES string of the molecule is CCC(C)(C#N)NS(=O)(=O)NC1CC1. The third kappa shape index (κ3) is 3.25. The first-order valence-corrected chi connectivity index (χ1v) is 6.11. The maximum atomic E-state index is 11.4. The molecule has 1 atom stereocenters. The first-order valence-electron chi connectivity index (χ1n) is 4.63. The van der Waals surface area contributed by atoms with E-state index >= 15 is 0 Å². The first-order chi connectivity index (χ1) is 6.41. The van der Waals surface area contributed by atoms with E-state index in [1.807, 2.05) is 6.07 Å². The van der Waals surface area contributed by atoms with E-state index in [-0.39, 0.29) is 6.04 Å². The van der Waals surface area contributed by atoms with E-state index in [9.17, 15) is 8.42 Å². The Labute approximate surface area is 84.7 Å². The molecule has 0 aromatic rings. The Morgan fingerprint density at radius 3 is 2.50 bits per heavy atom. The molecule has 0 spiro atoms. The summed E-state index contributed by atoms with van der Waals surface area (Å²) in [5.41, 5.74) is -1.01. The minimum Gasteiger partial charge on any atom is -0.199 e. The molecule has 0 bridgehead atoms. The Bertz CT molecular complexity index is 342. The van der Waals surface area contributed by atoms with Gasteiger partial charge in [0.25, 0.3) is 10.2 Å². The van der Waals surface area contributed by atoms with Crippen molar-refractivity contribution in [2.45, 2.75) is 44.7 Å². The maximum absolute atomic E-state index is 11.4. The summed E-state index contributed by atoms with van der Waals surface area (Å²) in [4.78, 5) is 0. The summed E-state index contributed by atoms with van der Waals surface area (Å²) in [6.07, 6.45) is 2.21. The largest absolute Gasteiger partial charge is 0.278 e. The number of hydrogen-bond acceptors (Lipinski definition) is 3. The quantitative estimate of drug-likeness (QED) is 0.693. The highest BCUT2D eigenvalue weighted by atomic mass is 32.2. The molecular formula is C8H15N3O2S. The van der Waals surface area contributed by atoms with Gasteiger partial charge in [-0.15, -0.1) is 0 Å². The number of rotatable bonds is 5. The average Bonchev–Trinajstić information content (AvgIpc) is 2.86. The van der Waals surface area contributed by atoms with Crippen LogP contribution in [-0.4, -0.2) is 20.0 Å². The van der Waals surface area contributed by atoms with Crippen molar-refractivity contribution in [1.29, 1.82) is 5.26 Å². The molecule has 1 unspecified atom stereocenters. The number of hydrogen-bond donors (Lipinski definition) is 2. The van der Waals surface area contributed by atoms with Gasteiger partial charge in [0.2, 0.25) is 0 Å². The summed E-state index contributed by atoms with van der Waals surface area (Å²) in [5, 5.41) is 8.79.